The van der Waals surface area contributed by atoms with Gasteiger partial charge in [0.15, 0.2) is 12.2 Å². The summed E-state index contributed by atoms with van der Waals surface area (Å²) in [5.74, 6) is 0.929. The van der Waals surface area contributed by atoms with Gasteiger partial charge < -0.3 is 14.5 Å². The smallest absolute Gasteiger partial charge is 0.181 e. The van der Waals surface area contributed by atoms with Gasteiger partial charge in [0.05, 0.1) is 11.5 Å². The van der Waals surface area contributed by atoms with Crippen molar-refractivity contribution >= 4 is 11.3 Å². The van der Waals surface area contributed by atoms with Crippen molar-refractivity contribution in [2.75, 3.05) is 20.3 Å². The summed E-state index contributed by atoms with van der Waals surface area (Å²) >= 11 is 1.88. The first-order valence-corrected chi connectivity index (χ1v) is 8.44. The van der Waals surface area contributed by atoms with Gasteiger partial charge in [0, 0.05) is 25.1 Å². The topological polar surface area (TPSA) is 47.3 Å². The molecule has 0 fully saturated rings. The molecule has 2 aromatic rings. The molecule has 0 saturated carbocycles. The third kappa shape index (κ3) is 3.54. The molecule has 2 aromatic heterocycles. The third-order valence-corrected chi connectivity index (χ3v) is 5.12. The number of ether oxygens (including phenoxy) is 1. The lowest BCUT2D eigenvalue weighted by Crippen LogP contribution is -2.19. The Bertz CT molecular complexity index is 553. The normalized spacial score (nSPS) is 14.9. The molecule has 5 heteroatoms. The second kappa shape index (κ2) is 7.20. The van der Waals surface area contributed by atoms with E-state index in [1.54, 1.807) is 13.5 Å². The molecule has 1 aliphatic rings. The van der Waals surface area contributed by atoms with Gasteiger partial charge in [0.25, 0.3) is 0 Å². The summed E-state index contributed by atoms with van der Waals surface area (Å²) in [6.07, 6.45) is 7.96. The number of rotatable bonds is 6. The van der Waals surface area contributed by atoms with Crippen LogP contribution in [0.5, 0.6) is 0 Å². The van der Waals surface area contributed by atoms with Crippen LogP contribution in [0.25, 0.3) is 10.6 Å². The quantitative estimate of drug-likeness (QED) is 0.656. The number of methoxy groups -OCH3 is 1. The van der Waals surface area contributed by atoms with Crippen LogP contribution in [0.1, 0.15) is 35.4 Å². The number of oxazole rings is 1. The lowest BCUT2D eigenvalue weighted by Gasteiger charge is -2.02. The fourth-order valence-corrected chi connectivity index (χ4v) is 4.02. The van der Waals surface area contributed by atoms with Crippen LogP contribution in [0.4, 0.5) is 0 Å². The van der Waals surface area contributed by atoms with E-state index in [2.05, 4.69) is 16.4 Å². The van der Waals surface area contributed by atoms with Gasteiger partial charge in [-0.3, -0.25) is 0 Å². The molecule has 21 heavy (non-hydrogen) atoms. The van der Waals surface area contributed by atoms with Crippen molar-refractivity contribution in [1.29, 1.82) is 0 Å². The van der Waals surface area contributed by atoms with E-state index >= 15 is 0 Å². The van der Waals surface area contributed by atoms with E-state index in [0.717, 1.165) is 24.5 Å². The molecular weight excluding hydrogens is 284 g/mol. The minimum atomic E-state index is 0.709. The fourth-order valence-electron chi connectivity index (χ4n) is 2.76. The first kappa shape index (κ1) is 14.8. The number of fused-ring (bicyclic) bond motifs is 1. The van der Waals surface area contributed by atoms with E-state index in [1.807, 2.05) is 11.3 Å². The number of hydrogen-bond donors (Lipinski definition) is 1. The van der Waals surface area contributed by atoms with Crippen molar-refractivity contribution in [1.82, 2.24) is 10.3 Å². The Labute approximate surface area is 129 Å². The molecule has 0 aromatic carbocycles. The zero-order chi connectivity index (χ0) is 14.5. The monoisotopic (exact) mass is 306 g/mol. The molecule has 1 N–H and O–H groups in total. The van der Waals surface area contributed by atoms with Crippen LogP contribution in [0.3, 0.4) is 0 Å². The summed E-state index contributed by atoms with van der Waals surface area (Å²) < 4.78 is 10.7. The maximum absolute atomic E-state index is 5.64. The summed E-state index contributed by atoms with van der Waals surface area (Å²) in [5, 5.41) is 3.33. The third-order valence-electron chi connectivity index (χ3n) is 3.89. The minimum absolute atomic E-state index is 0.709. The average Bonchev–Trinajstić information content (AvgIpc) is 3.05. The van der Waals surface area contributed by atoms with Gasteiger partial charge in [-0.2, -0.15) is 0 Å². The maximum atomic E-state index is 5.64. The van der Waals surface area contributed by atoms with Crippen LogP contribution < -0.4 is 5.32 Å². The van der Waals surface area contributed by atoms with Gasteiger partial charge in [-0.1, -0.05) is 6.42 Å². The van der Waals surface area contributed by atoms with Crippen LogP contribution in [-0.4, -0.2) is 25.2 Å². The molecule has 0 amide bonds. The standard InChI is InChI=1S/C16H22N2O2S/c1-19-8-7-17-10-13-16(20-11-18-13)15-9-12-5-3-2-4-6-14(12)21-15/h9,11,17H,2-8,10H2,1H3. The molecule has 4 nitrogen and oxygen atoms in total. The Morgan fingerprint density at radius 2 is 2.24 bits per heavy atom. The number of nitrogens with one attached hydrogen (secondary N) is 1. The van der Waals surface area contributed by atoms with Crippen LogP contribution in [-0.2, 0) is 24.1 Å². The van der Waals surface area contributed by atoms with Gasteiger partial charge in [0.2, 0.25) is 0 Å². The van der Waals surface area contributed by atoms with Crippen molar-refractivity contribution in [2.24, 2.45) is 0 Å². The highest BCUT2D eigenvalue weighted by Crippen LogP contribution is 2.36. The predicted octanol–water partition coefficient (Wildman–Crippen LogP) is 3.41. The number of thiophene rings is 1. The number of hydrogen-bond acceptors (Lipinski definition) is 5. The highest BCUT2D eigenvalue weighted by Gasteiger charge is 2.17. The summed E-state index contributed by atoms with van der Waals surface area (Å²) in [6.45, 7) is 2.25. The van der Waals surface area contributed by atoms with Crippen LogP contribution >= 0.6 is 11.3 Å². The van der Waals surface area contributed by atoms with E-state index < -0.39 is 0 Å². The molecule has 2 heterocycles. The molecule has 0 spiro atoms. The van der Waals surface area contributed by atoms with Crippen molar-refractivity contribution in [3.63, 3.8) is 0 Å². The van der Waals surface area contributed by atoms with Crippen molar-refractivity contribution < 1.29 is 9.15 Å². The SMILES string of the molecule is COCCNCc1ncoc1-c1cc2c(s1)CCCCC2. The Morgan fingerprint density at radius 3 is 3.14 bits per heavy atom. The minimum Gasteiger partial charge on any atom is -0.442 e. The molecule has 0 atom stereocenters. The Balaban J connectivity index is 1.73. The molecule has 0 unspecified atom stereocenters. The van der Waals surface area contributed by atoms with Gasteiger partial charge in [-0.25, -0.2) is 4.98 Å². The zero-order valence-corrected chi connectivity index (χ0v) is 13.3. The predicted molar refractivity (Wildman–Crippen MR) is 84.7 cm³/mol. The zero-order valence-electron chi connectivity index (χ0n) is 12.5. The van der Waals surface area contributed by atoms with Crippen molar-refractivity contribution in [2.45, 2.75) is 38.6 Å². The molecule has 0 bridgehead atoms. The molecule has 0 aliphatic heterocycles. The molecular formula is C16H22N2O2S. The Kier molecular flexibility index (Phi) is 5.06. The number of aromatic nitrogens is 1. The van der Waals surface area contributed by atoms with Crippen LogP contribution in [0, 0.1) is 0 Å². The second-order valence-electron chi connectivity index (χ2n) is 5.42. The highest BCUT2D eigenvalue weighted by molar-refractivity contribution is 7.15. The molecule has 1 aliphatic carbocycles. The van der Waals surface area contributed by atoms with Crippen LogP contribution in [0.2, 0.25) is 0 Å². The van der Waals surface area contributed by atoms with Gasteiger partial charge in [-0.05, 0) is 37.3 Å². The Hall–Kier alpha value is -1.17. The van der Waals surface area contributed by atoms with E-state index in [4.69, 9.17) is 9.15 Å². The average molecular weight is 306 g/mol. The molecule has 0 radical (unpaired) electrons. The van der Waals surface area contributed by atoms with E-state index in [1.165, 1.54) is 47.4 Å². The van der Waals surface area contributed by atoms with Gasteiger partial charge >= 0.3 is 0 Å². The first-order valence-electron chi connectivity index (χ1n) is 7.62. The largest absolute Gasteiger partial charge is 0.442 e. The van der Waals surface area contributed by atoms with Crippen molar-refractivity contribution in [3.8, 4) is 10.6 Å². The summed E-state index contributed by atoms with van der Waals surface area (Å²) in [6, 6.07) is 2.31. The van der Waals surface area contributed by atoms with E-state index in [9.17, 15) is 0 Å². The summed E-state index contributed by atoms with van der Waals surface area (Å²) in [5.41, 5.74) is 2.50. The Morgan fingerprint density at radius 1 is 1.33 bits per heavy atom. The maximum Gasteiger partial charge on any atom is 0.181 e. The van der Waals surface area contributed by atoms with Crippen LogP contribution in [0.15, 0.2) is 16.9 Å². The summed E-state index contributed by atoms with van der Waals surface area (Å²) in [4.78, 5) is 7.12. The van der Waals surface area contributed by atoms with E-state index in [0.29, 0.717) is 6.61 Å². The van der Waals surface area contributed by atoms with Gasteiger partial charge in [0.1, 0.15) is 5.69 Å². The second-order valence-corrected chi connectivity index (χ2v) is 6.55. The highest BCUT2D eigenvalue weighted by atomic mass is 32.1. The fraction of sp³-hybridized carbons (Fsp3) is 0.562. The van der Waals surface area contributed by atoms with E-state index in [-0.39, 0.29) is 0 Å². The molecule has 3 rings (SSSR count). The lowest BCUT2D eigenvalue weighted by atomic mass is 10.1. The first-order chi connectivity index (χ1) is 10.4. The molecule has 0 saturated heterocycles. The number of nitrogens with zero attached hydrogens (tertiary/aromatic N) is 1. The molecule has 114 valence electrons. The van der Waals surface area contributed by atoms with Gasteiger partial charge in [-0.15, -0.1) is 11.3 Å². The van der Waals surface area contributed by atoms with Crippen molar-refractivity contribution in [3.05, 3.63) is 28.6 Å². The number of aryl methyl sites for hydroxylation is 2. The summed E-state index contributed by atoms with van der Waals surface area (Å²) in [7, 11) is 1.71. The lowest BCUT2D eigenvalue weighted by molar-refractivity contribution is 0.199.